The van der Waals surface area contributed by atoms with E-state index in [1.54, 1.807) is 59.9 Å². The summed E-state index contributed by atoms with van der Waals surface area (Å²) in [7, 11) is 7.93. The molecule has 0 saturated carbocycles. The van der Waals surface area contributed by atoms with Crippen molar-refractivity contribution in [3.8, 4) is 0 Å². The Bertz CT molecular complexity index is 2490. The van der Waals surface area contributed by atoms with Crippen molar-refractivity contribution in [1.82, 2.24) is 20.4 Å². The monoisotopic (exact) mass is 820 g/mol. The maximum Gasteiger partial charge on any atom is 0.336 e. The Morgan fingerprint density at radius 3 is 1.21 bits per heavy atom. The van der Waals surface area contributed by atoms with E-state index in [0.717, 1.165) is 23.0 Å². The summed E-state index contributed by atoms with van der Waals surface area (Å²) in [6.07, 6.45) is 0. The van der Waals surface area contributed by atoms with Crippen LogP contribution in [0.15, 0.2) is 81.6 Å². The van der Waals surface area contributed by atoms with E-state index in [1.165, 1.54) is 12.1 Å². The number of nitrogens with zero attached hydrogens (tertiary/aromatic N) is 2. The van der Waals surface area contributed by atoms with Crippen LogP contribution in [0, 0.1) is 0 Å². The molecule has 4 N–H and O–H groups in total. The van der Waals surface area contributed by atoms with Crippen LogP contribution in [0.3, 0.4) is 0 Å². The van der Waals surface area contributed by atoms with Crippen molar-refractivity contribution in [3.63, 3.8) is 0 Å². The Hall–Kier alpha value is -5.54. The van der Waals surface area contributed by atoms with Gasteiger partial charge in [-0.05, 0) is 109 Å². The molecule has 0 saturated heterocycles. The Morgan fingerprint density at radius 1 is 0.500 bits per heavy atom. The molecule has 0 aliphatic heterocycles. The van der Waals surface area contributed by atoms with Crippen LogP contribution in [0.2, 0.25) is 0 Å². The van der Waals surface area contributed by atoms with Gasteiger partial charge in [0.15, 0.2) is 0 Å². The molecule has 0 atom stereocenters. The van der Waals surface area contributed by atoms with Gasteiger partial charge in [-0.2, -0.15) is 23.5 Å². The summed E-state index contributed by atoms with van der Waals surface area (Å²) in [5, 5.41) is 30.6. The molecular weight excluding hydrogens is 777 g/mol. The first-order chi connectivity index (χ1) is 27.9. The zero-order chi connectivity index (χ0) is 41.1. The highest BCUT2D eigenvalue weighted by Gasteiger charge is 2.26. The largest absolute Gasteiger partial charge is 0.478 e. The number of hydrogen-bond acceptors (Lipinski definition) is 10. The minimum atomic E-state index is -1.24. The van der Waals surface area contributed by atoms with E-state index in [4.69, 9.17) is 8.83 Å². The maximum atomic E-state index is 14.1. The van der Waals surface area contributed by atoms with Gasteiger partial charge in [-0.25, -0.2) is 9.59 Å². The standard InChI is InChI=1S/C44H44N4O8S2/c1-47(2)21-25-5-7-27(55-25)23-57-19-17-45-41(49)33-13-9-29-31-11-15-35(43(51)52)40-36(44(53)54)16-12-32(38(31)40)30-10-14-34(39(33)37(29)30)42(50)46-18-20-58-24-28-8-6-26(56-28)22-48(3)4/h5-16H,17-24H2,1-4H3,(H,45,49)(H,46,50)(H,51,52)(H,53,54). The second-order valence-electron chi connectivity index (χ2n) is 14.6. The van der Waals surface area contributed by atoms with Crippen LogP contribution in [0.5, 0.6) is 0 Å². The molecular formula is C44H44N4O8S2. The number of fused-ring (bicyclic) bond motifs is 2. The quantitative estimate of drug-likeness (QED) is 0.0378. The lowest BCUT2D eigenvalue weighted by Gasteiger charge is -2.20. The summed E-state index contributed by atoms with van der Waals surface area (Å²) in [6.45, 7) is 2.18. The number of nitrogens with one attached hydrogen (secondary N) is 2. The van der Waals surface area contributed by atoms with Gasteiger partial charge in [-0.3, -0.25) is 9.59 Å². The minimum Gasteiger partial charge on any atom is -0.478 e. The molecule has 0 aliphatic carbocycles. The molecule has 0 bridgehead atoms. The number of furan rings is 2. The summed E-state index contributed by atoms with van der Waals surface area (Å²) in [5.41, 5.74) is 0.393. The molecule has 7 rings (SSSR count). The third kappa shape index (κ3) is 8.51. The molecule has 2 aromatic heterocycles. The Labute approximate surface area is 343 Å². The topological polar surface area (TPSA) is 166 Å². The summed E-state index contributed by atoms with van der Waals surface area (Å²) in [4.78, 5) is 56.9. The number of aromatic carboxylic acids is 2. The van der Waals surface area contributed by atoms with Crippen LogP contribution in [-0.2, 0) is 24.6 Å². The van der Waals surface area contributed by atoms with E-state index in [-0.39, 0.29) is 28.3 Å². The SMILES string of the molecule is CN(C)Cc1ccc(CSCCNC(=O)c2ccc3c4ccc(C(=O)O)c5c(C(=O)O)ccc(c6ccc(C(=O)NCCSCc7ccc(CN(C)C)o7)c2c36)c54)o1. The van der Waals surface area contributed by atoms with Gasteiger partial charge in [0.2, 0.25) is 0 Å². The summed E-state index contributed by atoms with van der Waals surface area (Å²) < 4.78 is 11.8. The normalized spacial score (nSPS) is 11.8. The molecule has 0 radical (unpaired) electrons. The zero-order valence-corrected chi connectivity index (χ0v) is 34.3. The molecule has 58 heavy (non-hydrogen) atoms. The van der Waals surface area contributed by atoms with Crippen molar-refractivity contribution < 1.29 is 38.2 Å². The van der Waals surface area contributed by atoms with E-state index in [0.29, 0.717) is 98.0 Å². The predicted molar refractivity (Wildman–Crippen MR) is 231 cm³/mol. The van der Waals surface area contributed by atoms with Gasteiger partial charge < -0.3 is 39.5 Å². The third-order valence-electron chi connectivity index (χ3n) is 9.78. The first kappa shape index (κ1) is 40.6. The van der Waals surface area contributed by atoms with Crippen molar-refractivity contribution in [2.45, 2.75) is 24.6 Å². The lowest BCUT2D eigenvalue weighted by atomic mass is 9.84. The fraction of sp³-hybridized carbons (Fsp3) is 0.273. The van der Waals surface area contributed by atoms with E-state index >= 15 is 0 Å². The lowest BCUT2D eigenvalue weighted by molar-refractivity contribution is 0.0695. The van der Waals surface area contributed by atoms with Gasteiger partial charge in [0.1, 0.15) is 23.0 Å². The van der Waals surface area contributed by atoms with Crippen molar-refractivity contribution in [2.75, 3.05) is 52.8 Å². The molecule has 0 fully saturated rings. The van der Waals surface area contributed by atoms with Gasteiger partial charge in [-0.1, -0.05) is 24.3 Å². The molecule has 5 aromatic carbocycles. The summed E-state index contributed by atoms with van der Waals surface area (Å²) in [5.74, 6) is 2.91. The average Bonchev–Trinajstić information content (AvgIpc) is 3.83. The van der Waals surface area contributed by atoms with Gasteiger partial charge >= 0.3 is 11.9 Å². The third-order valence-corrected chi connectivity index (χ3v) is 11.7. The van der Waals surface area contributed by atoms with Gasteiger partial charge in [-0.15, -0.1) is 0 Å². The number of carbonyl (C=O) groups is 4. The fourth-order valence-electron chi connectivity index (χ4n) is 7.43. The molecule has 0 aliphatic rings. The summed E-state index contributed by atoms with van der Waals surface area (Å²) >= 11 is 3.27. The van der Waals surface area contributed by atoms with Crippen LogP contribution in [0.1, 0.15) is 64.5 Å². The van der Waals surface area contributed by atoms with E-state index < -0.39 is 11.9 Å². The Kier molecular flexibility index (Phi) is 12.3. The zero-order valence-electron chi connectivity index (χ0n) is 32.6. The predicted octanol–water partition coefficient (Wildman–Crippen LogP) is 7.77. The lowest BCUT2D eigenvalue weighted by Crippen LogP contribution is -2.28. The number of hydrogen-bond donors (Lipinski definition) is 4. The van der Waals surface area contributed by atoms with Crippen LogP contribution < -0.4 is 10.6 Å². The van der Waals surface area contributed by atoms with Crippen LogP contribution in [0.4, 0.5) is 0 Å². The van der Waals surface area contributed by atoms with Gasteiger partial charge in [0.25, 0.3) is 11.8 Å². The second-order valence-corrected chi connectivity index (χ2v) is 16.8. The number of benzene rings is 5. The average molecular weight is 821 g/mol. The molecule has 0 unspecified atom stereocenters. The second kappa shape index (κ2) is 17.5. The number of rotatable bonds is 18. The highest BCUT2D eigenvalue weighted by molar-refractivity contribution is 7.98. The smallest absolute Gasteiger partial charge is 0.336 e. The fourth-order valence-corrected chi connectivity index (χ4v) is 8.92. The maximum absolute atomic E-state index is 14.1. The Morgan fingerprint density at radius 2 is 0.845 bits per heavy atom. The van der Waals surface area contributed by atoms with Crippen LogP contribution in [0.25, 0.3) is 43.1 Å². The van der Waals surface area contributed by atoms with Crippen molar-refractivity contribution >= 4 is 90.4 Å². The van der Waals surface area contributed by atoms with Crippen molar-refractivity contribution in [3.05, 3.63) is 118 Å². The van der Waals surface area contributed by atoms with Crippen molar-refractivity contribution in [1.29, 1.82) is 0 Å². The number of carboxylic acids is 2. The first-order valence-electron chi connectivity index (χ1n) is 18.7. The molecule has 0 spiro atoms. The number of thioether (sulfide) groups is 2. The van der Waals surface area contributed by atoms with E-state index in [2.05, 4.69) is 10.6 Å². The van der Waals surface area contributed by atoms with E-state index in [9.17, 15) is 29.4 Å². The molecule has 12 nitrogen and oxygen atoms in total. The molecule has 2 heterocycles. The van der Waals surface area contributed by atoms with Crippen molar-refractivity contribution in [2.24, 2.45) is 0 Å². The van der Waals surface area contributed by atoms with Gasteiger partial charge in [0, 0.05) is 46.5 Å². The van der Waals surface area contributed by atoms with E-state index in [1.807, 2.05) is 62.3 Å². The summed E-state index contributed by atoms with van der Waals surface area (Å²) in [6, 6.07) is 21.0. The van der Waals surface area contributed by atoms with Crippen LogP contribution in [-0.4, -0.2) is 96.6 Å². The highest BCUT2D eigenvalue weighted by Crippen LogP contribution is 2.44. The molecule has 2 amide bonds. The van der Waals surface area contributed by atoms with Gasteiger partial charge in [0.05, 0.1) is 35.7 Å². The number of carboxylic acid groups (broad SMARTS) is 2. The van der Waals surface area contributed by atoms with Crippen LogP contribution >= 0.6 is 23.5 Å². The first-order valence-corrected chi connectivity index (χ1v) is 21.1. The number of carbonyl (C=O) groups excluding carboxylic acids is 2. The molecule has 7 aromatic rings. The minimum absolute atomic E-state index is 0.123. The molecule has 14 heteroatoms. The number of amides is 2. The highest BCUT2D eigenvalue weighted by atomic mass is 32.2. The molecule has 300 valence electrons. The Balaban J connectivity index is 1.19.